The molecule has 1 aliphatic rings. The Morgan fingerprint density at radius 2 is 2.00 bits per heavy atom. The molecular weight excluding hydrogens is 266 g/mol. The lowest BCUT2D eigenvalue weighted by Crippen LogP contribution is -2.29. The Bertz CT molecular complexity index is 534. The number of nitrogens with zero attached hydrogens (tertiary/aromatic N) is 5. The molecule has 0 unspecified atom stereocenters. The van der Waals surface area contributed by atoms with Crippen LogP contribution in [0.5, 0.6) is 0 Å². The van der Waals surface area contributed by atoms with Crippen LogP contribution in [0.1, 0.15) is 18.4 Å². The van der Waals surface area contributed by atoms with Gasteiger partial charge in [0.1, 0.15) is 0 Å². The fraction of sp³-hybridized carbons (Fsp3) is 0.533. The molecule has 0 saturated carbocycles. The zero-order valence-electron chi connectivity index (χ0n) is 12.2. The van der Waals surface area contributed by atoms with Gasteiger partial charge < -0.3 is 9.64 Å². The van der Waals surface area contributed by atoms with Crippen molar-refractivity contribution in [1.82, 2.24) is 20.2 Å². The summed E-state index contributed by atoms with van der Waals surface area (Å²) in [4.78, 5) is 2.22. The summed E-state index contributed by atoms with van der Waals surface area (Å²) in [6.07, 6.45) is 3.10. The summed E-state index contributed by atoms with van der Waals surface area (Å²) in [6.45, 7) is 4.23. The monoisotopic (exact) mass is 287 g/mol. The van der Waals surface area contributed by atoms with E-state index >= 15 is 0 Å². The van der Waals surface area contributed by atoms with Crippen LogP contribution in [0.15, 0.2) is 30.3 Å². The fourth-order valence-corrected chi connectivity index (χ4v) is 2.59. The topological polar surface area (TPSA) is 56.1 Å². The standard InChI is InChI=1S/C15H21N5O/c1-2-6-14(7-3-1)8-4-10-20-15(16-17-18-20)19-9-5-12-21-13-11-19/h1-3,6-7H,4-5,8-13H2. The van der Waals surface area contributed by atoms with Crippen molar-refractivity contribution in [3.8, 4) is 0 Å². The van der Waals surface area contributed by atoms with E-state index < -0.39 is 0 Å². The number of tetrazole rings is 1. The molecule has 0 atom stereocenters. The van der Waals surface area contributed by atoms with E-state index in [-0.39, 0.29) is 0 Å². The molecule has 1 aliphatic heterocycles. The number of benzene rings is 1. The van der Waals surface area contributed by atoms with E-state index in [0.717, 1.165) is 58.1 Å². The van der Waals surface area contributed by atoms with Gasteiger partial charge in [0.25, 0.3) is 0 Å². The summed E-state index contributed by atoms with van der Waals surface area (Å²) in [5.41, 5.74) is 1.36. The Kier molecular flexibility index (Phi) is 4.78. The maximum Gasteiger partial charge on any atom is 0.245 e. The number of ether oxygens (including phenoxy) is 1. The van der Waals surface area contributed by atoms with Gasteiger partial charge in [-0.3, -0.25) is 0 Å². The maximum atomic E-state index is 5.48. The summed E-state index contributed by atoms with van der Waals surface area (Å²) < 4.78 is 7.39. The van der Waals surface area contributed by atoms with E-state index in [4.69, 9.17) is 4.74 Å². The number of rotatable bonds is 5. The van der Waals surface area contributed by atoms with Crippen molar-refractivity contribution in [2.45, 2.75) is 25.8 Å². The SMILES string of the molecule is c1ccc(CCCn2nnnc2N2CCCOCC2)cc1. The molecule has 21 heavy (non-hydrogen) atoms. The summed E-state index contributed by atoms with van der Waals surface area (Å²) >= 11 is 0. The summed E-state index contributed by atoms with van der Waals surface area (Å²) in [6, 6.07) is 10.5. The van der Waals surface area contributed by atoms with Crippen molar-refractivity contribution in [3.63, 3.8) is 0 Å². The molecular formula is C15H21N5O. The molecule has 2 aromatic rings. The van der Waals surface area contributed by atoms with Crippen LogP contribution in [0.2, 0.25) is 0 Å². The molecule has 1 aromatic carbocycles. The molecule has 2 heterocycles. The molecule has 1 aromatic heterocycles. The molecule has 0 aliphatic carbocycles. The summed E-state index contributed by atoms with van der Waals surface area (Å²) in [7, 11) is 0. The summed E-state index contributed by atoms with van der Waals surface area (Å²) in [5, 5.41) is 12.1. The van der Waals surface area contributed by atoms with E-state index in [1.54, 1.807) is 0 Å². The predicted octanol–water partition coefficient (Wildman–Crippen LogP) is 1.53. The molecule has 0 spiro atoms. The molecule has 0 radical (unpaired) electrons. The predicted molar refractivity (Wildman–Crippen MR) is 80.2 cm³/mol. The van der Waals surface area contributed by atoms with Crippen molar-refractivity contribution in [1.29, 1.82) is 0 Å². The van der Waals surface area contributed by atoms with E-state index in [1.165, 1.54) is 5.56 Å². The third-order valence-electron chi connectivity index (χ3n) is 3.70. The molecule has 0 bridgehead atoms. The second-order valence-electron chi connectivity index (χ2n) is 5.24. The van der Waals surface area contributed by atoms with Gasteiger partial charge in [0.05, 0.1) is 6.61 Å². The first-order valence-corrected chi connectivity index (χ1v) is 7.56. The normalized spacial score (nSPS) is 15.9. The minimum Gasteiger partial charge on any atom is -0.380 e. The van der Waals surface area contributed by atoms with Gasteiger partial charge in [-0.25, -0.2) is 4.68 Å². The third-order valence-corrected chi connectivity index (χ3v) is 3.70. The summed E-state index contributed by atoms with van der Waals surface area (Å²) in [5.74, 6) is 0.869. The zero-order chi connectivity index (χ0) is 14.3. The average Bonchev–Trinajstić information content (AvgIpc) is 2.82. The van der Waals surface area contributed by atoms with Crippen LogP contribution in [0.25, 0.3) is 0 Å². The lowest BCUT2D eigenvalue weighted by Gasteiger charge is -2.19. The van der Waals surface area contributed by atoms with Crippen LogP contribution in [0, 0.1) is 0 Å². The minimum absolute atomic E-state index is 0.747. The Morgan fingerprint density at radius 1 is 1.10 bits per heavy atom. The van der Waals surface area contributed by atoms with E-state index in [0.29, 0.717) is 0 Å². The first-order valence-electron chi connectivity index (χ1n) is 7.56. The van der Waals surface area contributed by atoms with Gasteiger partial charge in [-0.1, -0.05) is 35.4 Å². The van der Waals surface area contributed by atoms with Crippen molar-refractivity contribution in [2.75, 3.05) is 31.2 Å². The number of aromatic nitrogens is 4. The Hall–Kier alpha value is -1.95. The van der Waals surface area contributed by atoms with Crippen LogP contribution < -0.4 is 4.90 Å². The molecule has 1 fully saturated rings. The number of anilines is 1. The molecule has 3 rings (SSSR count). The van der Waals surface area contributed by atoms with Gasteiger partial charge in [0, 0.05) is 26.2 Å². The number of hydrogen-bond donors (Lipinski definition) is 0. The molecule has 0 N–H and O–H groups in total. The second kappa shape index (κ2) is 7.17. The quantitative estimate of drug-likeness (QED) is 0.835. The zero-order valence-corrected chi connectivity index (χ0v) is 12.2. The Morgan fingerprint density at radius 3 is 2.90 bits per heavy atom. The van der Waals surface area contributed by atoms with Gasteiger partial charge in [0.15, 0.2) is 0 Å². The van der Waals surface area contributed by atoms with Crippen LogP contribution in [-0.2, 0) is 17.7 Å². The second-order valence-corrected chi connectivity index (χ2v) is 5.24. The largest absolute Gasteiger partial charge is 0.380 e. The van der Waals surface area contributed by atoms with Crippen LogP contribution in [0.4, 0.5) is 5.95 Å². The van der Waals surface area contributed by atoms with E-state index in [1.807, 2.05) is 10.7 Å². The van der Waals surface area contributed by atoms with Gasteiger partial charge in [-0.05, 0) is 35.3 Å². The van der Waals surface area contributed by atoms with Crippen molar-refractivity contribution >= 4 is 5.95 Å². The molecule has 6 heteroatoms. The molecule has 1 saturated heterocycles. The smallest absolute Gasteiger partial charge is 0.245 e. The van der Waals surface area contributed by atoms with Gasteiger partial charge in [-0.15, -0.1) is 0 Å². The minimum atomic E-state index is 0.747. The number of aryl methyl sites for hydroxylation is 2. The van der Waals surface area contributed by atoms with Crippen LogP contribution in [-0.4, -0.2) is 46.5 Å². The molecule has 0 amide bonds. The molecule has 112 valence electrons. The fourth-order valence-electron chi connectivity index (χ4n) is 2.59. The van der Waals surface area contributed by atoms with Crippen LogP contribution in [0.3, 0.4) is 0 Å². The van der Waals surface area contributed by atoms with E-state index in [9.17, 15) is 0 Å². The Balaban J connectivity index is 1.57. The lowest BCUT2D eigenvalue weighted by molar-refractivity contribution is 0.152. The third kappa shape index (κ3) is 3.78. The van der Waals surface area contributed by atoms with Crippen molar-refractivity contribution in [3.05, 3.63) is 35.9 Å². The number of hydrogen-bond acceptors (Lipinski definition) is 5. The van der Waals surface area contributed by atoms with Gasteiger partial charge in [0.2, 0.25) is 5.95 Å². The van der Waals surface area contributed by atoms with Gasteiger partial charge >= 0.3 is 0 Å². The van der Waals surface area contributed by atoms with Crippen LogP contribution >= 0.6 is 0 Å². The lowest BCUT2D eigenvalue weighted by atomic mass is 10.1. The van der Waals surface area contributed by atoms with Crippen molar-refractivity contribution < 1.29 is 4.74 Å². The highest BCUT2D eigenvalue weighted by Crippen LogP contribution is 2.12. The van der Waals surface area contributed by atoms with E-state index in [2.05, 4.69) is 44.7 Å². The highest BCUT2D eigenvalue weighted by atomic mass is 16.5. The van der Waals surface area contributed by atoms with Gasteiger partial charge in [-0.2, -0.15) is 0 Å². The molecule has 6 nitrogen and oxygen atoms in total. The Labute approximate surface area is 124 Å². The average molecular weight is 287 g/mol. The maximum absolute atomic E-state index is 5.48. The van der Waals surface area contributed by atoms with Crippen molar-refractivity contribution in [2.24, 2.45) is 0 Å². The highest BCUT2D eigenvalue weighted by Gasteiger charge is 2.16. The highest BCUT2D eigenvalue weighted by molar-refractivity contribution is 5.27. The first-order chi connectivity index (χ1) is 10.4. The first kappa shape index (κ1) is 14.0.